The summed E-state index contributed by atoms with van der Waals surface area (Å²) < 4.78 is 11.2. The minimum absolute atomic E-state index is 0.0731. The van der Waals surface area contributed by atoms with Gasteiger partial charge < -0.3 is 9.47 Å². The second kappa shape index (κ2) is 6.29. The molecule has 0 spiro atoms. The van der Waals surface area contributed by atoms with Crippen molar-refractivity contribution in [3.8, 4) is 11.5 Å². The van der Waals surface area contributed by atoms with E-state index in [9.17, 15) is 0 Å². The van der Waals surface area contributed by atoms with Gasteiger partial charge in [-0.3, -0.25) is 5.84 Å². The van der Waals surface area contributed by atoms with Gasteiger partial charge in [-0.05, 0) is 43.4 Å². The SMILES string of the molecule is NNC(C1=CCCCCC1)c1ccc2c(c1)OCCO2. The fourth-order valence-corrected chi connectivity index (χ4v) is 2.96. The molecule has 4 heteroatoms. The number of ether oxygens (including phenoxy) is 2. The zero-order valence-electron chi connectivity index (χ0n) is 11.7. The summed E-state index contributed by atoms with van der Waals surface area (Å²) in [6.45, 7) is 1.23. The molecule has 1 unspecified atom stereocenters. The molecule has 3 rings (SSSR count). The van der Waals surface area contributed by atoms with Crippen molar-refractivity contribution in [2.45, 2.75) is 38.1 Å². The lowest BCUT2D eigenvalue weighted by atomic mass is 9.95. The lowest BCUT2D eigenvalue weighted by Crippen LogP contribution is -2.29. The Morgan fingerprint density at radius 1 is 1.05 bits per heavy atom. The summed E-state index contributed by atoms with van der Waals surface area (Å²) in [5, 5.41) is 0. The molecule has 20 heavy (non-hydrogen) atoms. The van der Waals surface area contributed by atoms with Gasteiger partial charge in [-0.15, -0.1) is 0 Å². The van der Waals surface area contributed by atoms with Crippen LogP contribution in [0.2, 0.25) is 0 Å². The summed E-state index contributed by atoms with van der Waals surface area (Å²) in [5.74, 6) is 7.45. The third kappa shape index (κ3) is 2.81. The third-order valence-corrected chi connectivity index (χ3v) is 4.01. The maximum Gasteiger partial charge on any atom is 0.161 e. The Kier molecular flexibility index (Phi) is 4.23. The topological polar surface area (TPSA) is 56.5 Å². The monoisotopic (exact) mass is 274 g/mol. The van der Waals surface area contributed by atoms with E-state index in [4.69, 9.17) is 15.3 Å². The first-order chi connectivity index (χ1) is 9.88. The Morgan fingerprint density at radius 3 is 2.75 bits per heavy atom. The van der Waals surface area contributed by atoms with E-state index in [1.54, 1.807) is 0 Å². The van der Waals surface area contributed by atoms with Crippen molar-refractivity contribution in [3.05, 3.63) is 35.4 Å². The van der Waals surface area contributed by atoms with Crippen LogP contribution in [-0.2, 0) is 0 Å². The zero-order chi connectivity index (χ0) is 13.8. The minimum atomic E-state index is 0.0731. The number of allylic oxidation sites excluding steroid dienone is 1. The van der Waals surface area contributed by atoms with Crippen molar-refractivity contribution in [1.82, 2.24) is 5.43 Å². The smallest absolute Gasteiger partial charge is 0.161 e. The number of hydrogen-bond acceptors (Lipinski definition) is 4. The number of nitrogens with one attached hydrogen (secondary N) is 1. The van der Waals surface area contributed by atoms with E-state index in [0.29, 0.717) is 13.2 Å². The average molecular weight is 274 g/mol. The van der Waals surface area contributed by atoms with Crippen LogP contribution >= 0.6 is 0 Å². The van der Waals surface area contributed by atoms with E-state index in [2.05, 4.69) is 17.6 Å². The van der Waals surface area contributed by atoms with E-state index < -0.39 is 0 Å². The molecule has 0 fully saturated rings. The van der Waals surface area contributed by atoms with Gasteiger partial charge in [0.1, 0.15) is 13.2 Å². The van der Waals surface area contributed by atoms with Gasteiger partial charge in [0.05, 0.1) is 6.04 Å². The van der Waals surface area contributed by atoms with E-state index in [0.717, 1.165) is 29.9 Å². The van der Waals surface area contributed by atoms with E-state index in [1.165, 1.54) is 24.8 Å². The summed E-state index contributed by atoms with van der Waals surface area (Å²) in [5.41, 5.74) is 5.49. The maximum atomic E-state index is 5.80. The Bertz CT molecular complexity index is 499. The normalized spacial score (nSPS) is 19.9. The van der Waals surface area contributed by atoms with E-state index in [1.807, 2.05) is 12.1 Å². The van der Waals surface area contributed by atoms with Crippen molar-refractivity contribution in [3.63, 3.8) is 0 Å². The molecule has 0 radical (unpaired) electrons. The Hall–Kier alpha value is -1.52. The maximum absolute atomic E-state index is 5.80. The molecule has 108 valence electrons. The van der Waals surface area contributed by atoms with Crippen molar-refractivity contribution < 1.29 is 9.47 Å². The fraction of sp³-hybridized carbons (Fsp3) is 0.500. The van der Waals surface area contributed by atoms with Crippen LogP contribution in [0.3, 0.4) is 0 Å². The van der Waals surface area contributed by atoms with E-state index >= 15 is 0 Å². The highest BCUT2D eigenvalue weighted by Gasteiger charge is 2.19. The second-order valence-electron chi connectivity index (χ2n) is 5.38. The number of hydrogen-bond donors (Lipinski definition) is 2. The van der Waals surface area contributed by atoms with Crippen LogP contribution in [-0.4, -0.2) is 13.2 Å². The van der Waals surface area contributed by atoms with Gasteiger partial charge in [-0.1, -0.05) is 24.1 Å². The predicted octanol–water partition coefficient (Wildman–Crippen LogP) is 2.85. The largest absolute Gasteiger partial charge is 0.486 e. The molecule has 3 N–H and O–H groups in total. The Balaban J connectivity index is 1.86. The number of fused-ring (bicyclic) bond motifs is 1. The Labute approximate surface area is 119 Å². The molecular formula is C16H22N2O2. The first-order valence-electron chi connectivity index (χ1n) is 7.43. The zero-order valence-corrected chi connectivity index (χ0v) is 11.7. The van der Waals surface area contributed by atoms with Crippen molar-refractivity contribution in [2.75, 3.05) is 13.2 Å². The van der Waals surface area contributed by atoms with Crippen LogP contribution < -0.4 is 20.7 Å². The number of rotatable bonds is 3. The van der Waals surface area contributed by atoms with Crippen LogP contribution in [0, 0.1) is 0 Å². The first-order valence-corrected chi connectivity index (χ1v) is 7.43. The molecule has 1 aromatic carbocycles. The summed E-state index contributed by atoms with van der Waals surface area (Å²) in [4.78, 5) is 0. The van der Waals surface area contributed by atoms with Crippen molar-refractivity contribution >= 4 is 0 Å². The van der Waals surface area contributed by atoms with Crippen LogP contribution in [0.1, 0.15) is 43.7 Å². The van der Waals surface area contributed by atoms with Crippen LogP contribution in [0.5, 0.6) is 11.5 Å². The summed E-state index contributed by atoms with van der Waals surface area (Å²) in [6.07, 6.45) is 8.44. The molecule has 0 bridgehead atoms. The molecule has 1 aromatic rings. The molecule has 2 aliphatic rings. The van der Waals surface area contributed by atoms with Gasteiger partial charge in [0.15, 0.2) is 11.5 Å². The van der Waals surface area contributed by atoms with Gasteiger partial charge in [-0.25, -0.2) is 5.43 Å². The Morgan fingerprint density at radius 2 is 1.90 bits per heavy atom. The highest BCUT2D eigenvalue weighted by atomic mass is 16.6. The average Bonchev–Trinajstić information content (AvgIpc) is 2.77. The molecule has 0 amide bonds. The van der Waals surface area contributed by atoms with Crippen LogP contribution in [0.15, 0.2) is 29.8 Å². The highest BCUT2D eigenvalue weighted by molar-refractivity contribution is 5.46. The quantitative estimate of drug-likeness (QED) is 0.505. The first kappa shape index (κ1) is 13.5. The summed E-state index contributed by atoms with van der Waals surface area (Å²) in [6, 6.07) is 6.17. The molecule has 1 aliphatic carbocycles. The molecule has 0 saturated carbocycles. The predicted molar refractivity (Wildman–Crippen MR) is 78.7 cm³/mol. The van der Waals surface area contributed by atoms with Gasteiger partial charge in [0, 0.05) is 0 Å². The lowest BCUT2D eigenvalue weighted by Gasteiger charge is -2.23. The summed E-state index contributed by atoms with van der Waals surface area (Å²) in [7, 11) is 0. The molecule has 0 saturated heterocycles. The van der Waals surface area contributed by atoms with Gasteiger partial charge in [0.25, 0.3) is 0 Å². The third-order valence-electron chi connectivity index (χ3n) is 4.01. The molecular weight excluding hydrogens is 252 g/mol. The molecule has 1 heterocycles. The van der Waals surface area contributed by atoms with Gasteiger partial charge >= 0.3 is 0 Å². The number of benzene rings is 1. The minimum Gasteiger partial charge on any atom is -0.486 e. The molecule has 4 nitrogen and oxygen atoms in total. The molecule has 1 atom stereocenters. The van der Waals surface area contributed by atoms with Crippen molar-refractivity contribution in [2.24, 2.45) is 5.84 Å². The number of nitrogens with two attached hydrogens (primary N) is 1. The number of hydrazine groups is 1. The lowest BCUT2D eigenvalue weighted by molar-refractivity contribution is 0.171. The van der Waals surface area contributed by atoms with Crippen LogP contribution in [0.4, 0.5) is 0 Å². The molecule has 0 aromatic heterocycles. The summed E-state index contributed by atoms with van der Waals surface area (Å²) >= 11 is 0. The second-order valence-corrected chi connectivity index (χ2v) is 5.38. The fourth-order valence-electron chi connectivity index (χ4n) is 2.96. The van der Waals surface area contributed by atoms with Crippen LogP contribution in [0.25, 0.3) is 0 Å². The van der Waals surface area contributed by atoms with E-state index in [-0.39, 0.29) is 6.04 Å². The van der Waals surface area contributed by atoms with Crippen molar-refractivity contribution in [1.29, 1.82) is 0 Å². The van der Waals surface area contributed by atoms with Gasteiger partial charge in [0.2, 0.25) is 0 Å². The molecule has 1 aliphatic heterocycles. The standard InChI is InChI=1S/C16H22N2O2/c17-18-16(12-5-3-1-2-4-6-12)13-7-8-14-15(11-13)20-10-9-19-14/h5,7-8,11,16,18H,1-4,6,9-10,17H2. The highest BCUT2D eigenvalue weighted by Crippen LogP contribution is 2.35. The van der Waals surface area contributed by atoms with Gasteiger partial charge in [-0.2, -0.15) is 0 Å².